The number of hydrogen-bond donors (Lipinski definition) is 1. The van der Waals surface area contributed by atoms with Crippen molar-refractivity contribution in [3.63, 3.8) is 0 Å². The van der Waals surface area contributed by atoms with Crippen molar-refractivity contribution in [3.05, 3.63) is 24.2 Å². The number of nitrogens with one attached hydrogen (secondary N) is 1. The lowest BCUT2D eigenvalue weighted by Gasteiger charge is -2.31. The average Bonchev–Trinajstić information content (AvgIpc) is 2.90. The third-order valence-electron chi connectivity index (χ3n) is 3.32. The van der Waals surface area contributed by atoms with E-state index in [1.807, 2.05) is 4.90 Å². The molecule has 1 aliphatic rings. The van der Waals surface area contributed by atoms with E-state index in [0.717, 1.165) is 39.0 Å². The van der Waals surface area contributed by atoms with E-state index in [0.29, 0.717) is 11.7 Å². The van der Waals surface area contributed by atoms with Gasteiger partial charge in [0.2, 0.25) is 0 Å². The smallest absolute Gasteiger partial charge is 0.289 e. The molecule has 2 rings (SSSR count). The summed E-state index contributed by atoms with van der Waals surface area (Å²) in [5.74, 6) is 1.18. The average molecular weight is 273 g/mol. The molecule has 1 aromatic heterocycles. The van der Waals surface area contributed by atoms with Crippen LogP contribution >= 0.6 is 12.4 Å². The molecule has 0 bridgehead atoms. The fourth-order valence-corrected chi connectivity index (χ4v) is 2.24. The van der Waals surface area contributed by atoms with Gasteiger partial charge in [0.25, 0.3) is 5.91 Å². The van der Waals surface area contributed by atoms with Crippen molar-refractivity contribution < 1.29 is 9.21 Å². The largest absolute Gasteiger partial charge is 0.459 e. The maximum atomic E-state index is 12.0. The topological polar surface area (TPSA) is 45.5 Å². The van der Waals surface area contributed by atoms with Gasteiger partial charge >= 0.3 is 0 Å². The molecule has 4 nitrogen and oxygen atoms in total. The number of rotatable bonds is 4. The molecule has 102 valence electrons. The Morgan fingerprint density at radius 3 is 2.78 bits per heavy atom. The maximum absolute atomic E-state index is 12.0. The first-order chi connectivity index (χ1) is 8.31. The van der Waals surface area contributed by atoms with E-state index in [9.17, 15) is 4.79 Å². The Kier molecular flexibility index (Phi) is 6.22. The molecule has 0 atom stereocenters. The summed E-state index contributed by atoms with van der Waals surface area (Å²) >= 11 is 0. The summed E-state index contributed by atoms with van der Waals surface area (Å²) in [4.78, 5) is 13.9. The first kappa shape index (κ1) is 15.1. The number of amides is 1. The van der Waals surface area contributed by atoms with Crippen molar-refractivity contribution in [2.24, 2.45) is 5.92 Å². The van der Waals surface area contributed by atoms with Crippen molar-refractivity contribution in [3.8, 4) is 0 Å². The summed E-state index contributed by atoms with van der Waals surface area (Å²) in [6.07, 6.45) is 3.71. The van der Waals surface area contributed by atoms with Crippen LogP contribution in [0.15, 0.2) is 22.8 Å². The van der Waals surface area contributed by atoms with Crippen LogP contribution in [0.25, 0.3) is 0 Å². The van der Waals surface area contributed by atoms with Gasteiger partial charge in [-0.2, -0.15) is 0 Å². The van der Waals surface area contributed by atoms with Gasteiger partial charge < -0.3 is 14.6 Å². The molecule has 18 heavy (non-hydrogen) atoms. The van der Waals surface area contributed by atoms with Crippen LogP contribution in [0, 0.1) is 5.92 Å². The van der Waals surface area contributed by atoms with Crippen LogP contribution in [0.1, 0.15) is 30.3 Å². The number of piperidine rings is 1. The Balaban J connectivity index is 0.00000162. The zero-order valence-electron chi connectivity index (χ0n) is 10.7. The second kappa shape index (κ2) is 7.44. The highest BCUT2D eigenvalue weighted by atomic mass is 35.5. The van der Waals surface area contributed by atoms with Gasteiger partial charge in [0, 0.05) is 13.1 Å². The van der Waals surface area contributed by atoms with Gasteiger partial charge in [-0.05, 0) is 44.0 Å². The van der Waals surface area contributed by atoms with Crippen molar-refractivity contribution in [2.45, 2.75) is 19.8 Å². The quantitative estimate of drug-likeness (QED) is 0.914. The summed E-state index contributed by atoms with van der Waals surface area (Å²) in [7, 11) is 0. The number of likely N-dealkylation sites (tertiary alicyclic amines) is 1. The van der Waals surface area contributed by atoms with Gasteiger partial charge in [0.05, 0.1) is 6.26 Å². The maximum Gasteiger partial charge on any atom is 0.289 e. The summed E-state index contributed by atoms with van der Waals surface area (Å²) < 4.78 is 5.14. The van der Waals surface area contributed by atoms with Crippen molar-refractivity contribution in [2.75, 3.05) is 26.2 Å². The highest BCUT2D eigenvalue weighted by Gasteiger charge is 2.24. The lowest BCUT2D eigenvalue weighted by Crippen LogP contribution is -2.40. The van der Waals surface area contributed by atoms with Gasteiger partial charge in [0.1, 0.15) is 0 Å². The molecule has 2 heterocycles. The third-order valence-corrected chi connectivity index (χ3v) is 3.32. The summed E-state index contributed by atoms with van der Waals surface area (Å²) in [5.41, 5.74) is 0. The highest BCUT2D eigenvalue weighted by Crippen LogP contribution is 2.18. The molecule has 1 aromatic rings. The van der Waals surface area contributed by atoms with Crippen LogP contribution in [0.3, 0.4) is 0 Å². The van der Waals surface area contributed by atoms with Crippen LogP contribution < -0.4 is 5.32 Å². The number of carbonyl (C=O) groups excluding carboxylic acids is 1. The number of furan rings is 1. The molecule has 5 heteroatoms. The summed E-state index contributed by atoms with van der Waals surface area (Å²) in [6, 6.07) is 3.48. The van der Waals surface area contributed by atoms with Crippen LogP contribution in [-0.4, -0.2) is 37.0 Å². The van der Waals surface area contributed by atoms with Gasteiger partial charge in [-0.25, -0.2) is 0 Å². The number of halogens is 1. The molecule has 0 unspecified atom stereocenters. The first-order valence-electron chi connectivity index (χ1n) is 6.34. The minimum Gasteiger partial charge on any atom is -0.459 e. The van der Waals surface area contributed by atoms with Crippen molar-refractivity contribution >= 4 is 18.3 Å². The molecule has 0 aliphatic carbocycles. The van der Waals surface area contributed by atoms with E-state index < -0.39 is 0 Å². The predicted octanol–water partition coefficient (Wildman–Crippen LogP) is 2.16. The fourth-order valence-electron chi connectivity index (χ4n) is 2.24. The van der Waals surface area contributed by atoms with E-state index in [4.69, 9.17) is 4.42 Å². The lowest BCUT2D eigenvalue weighted by atomic mass is 9.96. The summed E-state index contributed by atoms with van der Waals surface area (Å²) in [5, 5.41) is 3.37. The van der Waals surface area contributed by atoms with Gasteiger partial charge in [-0.1, -0.05) is 6.92 Å². The fraction of sp³-hybridized carbons (Fsp3) is 0.615. The van der Waals surface area contributed by atoms with E-state index in [-0.39, 0.29) is 18.3 Å². The van der Waals surface area contributed by atoms with Gasteiger partial charge in [-0.3, -0.25) is 4.79 Å². The van der Waals surface area contributed by atoms with E-state index in [1.54, 1.807) is 18.4 Å². The molecular formula is C13H21ClN2O2. The molecule has 1 aliphatic heterocycles. The monoisotopic (exact) mass is 272 g/mol. The first-order valence-corrected chi connectivity index (χ1v) is 6.34. The molecular weight excluding hydrogens is 252 g/mol. The second-order valence-electron chi connectivity index (χ2n) is 4.52. The van der Waals surface area contributed by atoms with E-state index >= 15 is 0 Å². The van der Waals surface area contributed by atoms with E-state index in [2.05, 4.69) is 12.2 Å². The standard InChI is InChI=1S/C13H20N2O2.ClH/c1-2-14-10-11-5-7-15(8-6-11)13(16)12-4-3-9-17-12;/h3-4,9,11,14H,2,5-8,10H2,1H3;1H. The van der Waals surface area contributed by atoms with Crippen molar-refractivity contribution in [1.82, 2.24) is 10.2 Å². The highest BCUT2D eigenvalue weighted by molar-refractivity contribution is 5.91. The number of carbonyl (C=O) groups is 1. The zero-order valence-corrected chi connectivity index (χ0v) is 11.5. The second-order valence-corrected chi connectivity index (χ2v) is 4.52. The SMILES string of the molecule is CCNCC1CCN(C(=O)c2ccco2)CC1.Cl. The third kappa shape index (κ3) is 3.75. The summed E-state index contributed by atoms with van der Waals surface area (Å²) in [6.45, 7) is 5.89. The van der Waals surface area contributed by atoms with Gasteiger partial charge in [0.15, 0.2) is 5.76 Å². The zero-order chi connectivity index (χ0) is 12.1. The van der Waals surface area contributed by atoms with Crippen LogP contribution in [0.2, 0.25) is 0 Å². The minimum absolute atomic E-state index is 0. The Morgan fingerprint density at radius 1 is 1.50 bits per heavy atom. The predicted molar refractivity (Wildman–Crippen MR) is 73.1 cm³/mol. The van der Waals surface area contributed by atoms with E-state index in [1.165, 1.54) is 0 Å². The lowest BCUT2D eigenvalue weighted by molar-refractivity contribution is 0.0658. The van der Waals surface area contributed by atoms with Crippen LogP contribution in [-0.2, 0) is 0 Å². The minimum atomic E-state index is 0. The molecule has 1 saturated heterocycles. The molecule has 1 amide bonds. The molecule has 0 saturated carbocycles. The molecule has 0 spiro atoms. The van der Waals surface area contributed by atoms with Crippen LogP contribution in [0.5, 0.6) is 0 Å². The van der Waals surface area contributed by atoms with Gasteiger partial charge in [-0.15, -0.1) is 12.4 Å². The Bertz CT molecular complexity index is 346. The molecule has 0 radical (unpaired) electrons. The molecule has 1 N–H and O–H groups in total. The van der Waals surface area contributed by atoms with Crippen LogP contribution in [0.4, 0.5) is 0 Å². The number of hydrogen-bond acceptors (Lipinski definition) is 3. The molecule has 0 aromatic carbocycles. The number of nitrogens with zero attached hydrogens (tertiary/aromatic N) is 1. The Labute approximate surface area is 114 Å². The molecule has 1 fully saturated rings. The Morgan fingerprint density at radius 2 is 2.22 bits per heavy atom. The normalized spacial score (nSPS) is 16.4. The van der Waals surface area contributed by atoms with Crippen molar-refractivity contribution in [1.29, 1.82) is 0 Å². The Hall–Kier alpha value is -1.00.